The molecule has 0 aliphatic carbocycles. The van der Waals surface area contributed by atoms with E-state index in [1.807, 2.05) is 6.07 Å². The molecule has 2 amide bonds. The summed E-state index contributed by atoms with van der Waals surface area (Å²) in [6.45, 7) is 0. The monoisotopic (exact) mass is 568 g/mol. The van der Waals surface area contributed by atoms with Crippen molar-refractivity contribution in [3.63, 3.8) is 0 Å². The molecule has 34 heavy (non-hydrogen) atoms. The Morgan fingerprint density at radius 2 is 1.85 bits per heavy atom. The van der Waals surface area contributed by atoms with Crippen molar-refractivity contribution in [1.29, 1.82) is 5.26 Å². The van der Waals surface area contributed by atoms with Crippen LogP contribution in [0.4, 0.5) is 21.9 Å². The minimum Gasteiger partial charge on any atom is -0.508 e. The number of amides is 2. The number of hydrogen-bond acceptors (Lipinski definition) is 6. The molecule has 0 unspecified atom stereocenters. The van der Waals surface area contributed by atoms with E-state index in [0.29, 0.717) is 28.2 Å². The number of para-hydroxylation sites is 2. The highest BCUT2D eigenvalue weighted by molar-refractivity contribution is 14.1. The summed E-state index contributed by atoms with van der Waals surface area (Å²) in [5, 5.41) is 24.5. The van der Waals surface area contributed by atoms with E-state index in [9.17, 15) is 14.7 Å². The van der Waals surface area contributed by atoms with Crippen molar-refractivity contribution in [3.8, 4) is 11.8 Å². The Hall–Kier alpha value is -4.04. The number of nitrogen functional groups attached to an aromatic ring is 1. The maximum Gasteiger partial charge on any atom is 0.412 e. The summed E-state index contributed by atoms with van der Waals surface area (Å²) in [6, 6.07) is 20.1. The molecule has 3 aromatic rings. The van der Waals surface area contributed by atoms with Crippen molar-refractivity contribution in [3.05, 3.63) is 93.6 Å². The van der Waals surface area contributed by atoms with Crippen LogP contribution >= 0.6 is 22.6 Å². The van der Waals surface area contributed by atoms with Gasteiger partial charge in [0.25, 0.3) is 0 Å². The van der Waals surface area contributed by atoms with E-state index in [2.05, 4.69) is 33.2 Å². The van der Waals surface area contributed by atoms with Crippen LogP contribution in [0.5, 0.6) is 5.75 Å². The average Bonchev–Trinajstić information content (AvgIpc) is 2.82. The molecule has 0 aliphatic rings. The predicted molar refractivity (Wildman–Crippen MR) is 138 cm³/mol. The molecule has 3 aromatic carbocycles. The minimum absolute atomic E-state index is 0.0356. The zero-order valence-electron chi connectivity index (χ0n) is 17.9. The first kappa shape index (κ1) is 24.6. The number of phenolic OH excluding ortho intramolecular Hbond substituents is 1. The van der Waals surface area contributed by atoms with Gasteiger partial charge in [0.1, 0.15) is 11.9 Å². The second-order valence-electron chi connectivity index (χ2n) is 7.13. The number of rotatable bonds is 7. The lowest BCUT2D eigenvalue weighted by Crippen LogP contribution is -2.18. The van der Waals surface area contributed by atoms with Crippen LogP contribution in [-0.4, -0.2) is 17.1 Å². The lowest BCUT2D eigenvalue weighted by atomic mass is 10.0. The van der Waals surface area contributed by atoms with Gasteiger partial charge < -0.3 is 20.9 Å². The molecule has 3 rings (SSSR count). The van der Waals surface area contributed by atoms with Gasteiger partial charge >= 0.3 is 6.09 Å². The molecular weight excluding hydrogens is 547 g/mol. The topological polar surface area (TPSA) is 137 Å². The van der Waals surface area contributed by atoms with Crippen LogP contribution in [-0.2, 0) is 9.53 Å². The maximum atomic E-state index is 12.5. The number of nitrogens with zero attached hydrogens (tertiary/aromatic N) is 1. The van der Waals surface area contributed by atoms with E-state index in [4.69, 9.17) is 15.7 Å². The summed E-state index contributed by atoms with van der Waals surface area (Å²) in [5.41, 5.74) is 8.08. The second kappa shape index (κ2) is 11.7. The third-order valence-electron chi connectivity index (χ3n) is 4.68. The molecule has 0 aromatic heterocycles. The zero-order chi connectivity index (χ0) is 24.5. The van der Waals surface area contributed by atoms with Crippen molar-refractivity contribution in [1.82, 2.24) is 0 Å². The Morgan fingerprint density at radius 3 is 2.56 bits per heavy atom. The molecule has 0 heterocycles. The standard InChI is InChI=1S/C25H21IN4O4/c26-17-10-13-22(31)19(14-17)23(34-25(33)29-18-11-8-16(15-27)9-12-18)6-3-7-24(32)30-21-5-2-1-4-20(21)28/h1-5,7-14,23,31H,6,28H2,(H,29,33)(H,30,32)/b7-3+/t23-/m1/s1. The van der Waals surface area contributed by atoms with Crippen molar-refractivity contribution in [2.75, 3.05) is 16.4 Å². The average molecular weight is 568 g/mol. The van der Waals surface area contributed by atoms with E-state index in [1.54, 1.807) is 66.7 Å². The van der Waals surface area contributed by atoms with Crippen LogP contribution in [0.15, 0.2) is 78.9 Å². The molecule has 8 nitrogen and oxygen atoms in total. The highest BCUT2D eigenvalue weighted by Gasteiger charge is 2.20. The highest BCUT2D eigenvalue weighted by atomic mass is 127. The Morgan fingerprint density at radius 1 is 1.12 bits per heavy atom. The molecule has 0 bridgehead atoms. The molecule has 172 valence electrons. The lowest BCUT2D eigenvalue weighted by molar-refractivity contribution is -0.111. The molecule has 1 atom stereocenters. The quantitative estimate of drug-likeness (QED) is 0.173. The fourth-order valence-electron chi connectivity index (χ4n) is 3.01. The third-order valence-corrected chi connectivity index (χ3v) is 5.36. The Balaban J connectivity index is 1.71. The molecule has 0 aliphatic heterocycles. The maximum absolute atomic E-state index is 12.5. The smallest absolute Gasteiger partial charge is 0.412 e. The van der Waals surface area contributed by atoms with Gasteiger partial charge in [-0.25, -0.2) is 4.79 Å². The number of nitrogens with one attached hydrogen (secondary N) is 2. The lowest BCUT2D eigenvalue weighted by Gasteiger charge is -2.19. The van der Waals surface area contributed by atoms with Gasteiger partial charge in [0.2, 0.25) is 5.91 Å². The fraction of sp³-hybridized carbons (Fsp3) is 0.0800. The van der Waals surface area contributed by atoms with Crippen LogP contribution in [0.1, 0.15) is 23.7 Å². The molecule has 0 radical (unpaired) electrons. The molecule has 9 heteroatoms. The molecule has 0 spiro atoms. The molecule has 0 saturated heterocycles. The third kappa shape index (κ3) is 6.98. The van der Waals surface area contributed by atoms with Crippen molar-refractivity contribution in [2.45, 2.75) is 12.5 Å². The first-order valence-corrected chi connectivity index (χ1v) is 11.2. The number of nitrogens with two attached hydrogens (primary N) is 1. The van der Waals surface area contributed by atoms with Gasteiger partial charge in [0.05, 0.1) is 23.0 Å². The van der Waals surface area contributed by atoms with Gasteiger partial charge in [0, 0.05) is 21.2 Å². The Labute approximate surface area is 210 Å². The molecule has 0 fully saturated rings. The largest absolute Gasteiger partial charge is 0.508 e. The van der Waals surface area contributed by atoms with Crippen LogP contribution in [0.2, 0.25) is 0 Å². The van der Waals surface area contributed by atoms with Crippen LogP contribution in [0.25, 0.3) is 0 Å². The number of anilines is 3. The van der Waals surface area contributed by atoms with E-state index in [-0.39, 0.29) is 12.2 Å². The van der Waals surface area contributed by atoms with Gasteiger partial charge in [-0.1, -0.05) is 18.2 Å². The van der Waals surface area contributed by atoms with Crippen molar-refractivity contribution in [2.24, 2.45) is 0 Å². The number of ether oxygens (including phenoxy) is 1. The summed E-state index contributed by atoms with van der Waals surface area (Å²) >= 11 is 2.09. The summed E-state index contributed by atoms with van der Waals surface area (Å²) in [7, 11) is 0. The van der Waals surface area contributed by atoms with Crippen LogP contribution < -0.4 is 16.4 Å². The number of aromatic hydroxyl groups is 1. The van der Waals surface area contributed by atoms with Gasteiger partial charge in [0.15, 0.2) is 0 Å². The van der Waals surface area contributed by atoms with Crippen molar-refractivity contribution < 1.29 is 19.4 Å². The number of halogens is 1. The predicted octanol–water partition coefficient (Wildman–Crippen LogP) is 5.33. The summed E-state index contributed by atoms with van der Waals surface area (Å²) in [4.78, 5) is 24.8. The second-order valence-corrected chi connectivity index (χ2v) is 8.37. The first-order valence-electron chi connectivity index (χ1n) is 10.1. The van der Waals surface area contributed by atoms with Crippen LogP contribution in [0, 0.1) is 14.9 Å². The molecule has 0 saturated carbocycles. The number of carbonyl (C=O) groups excluding carboxylic acids is 2. The van der Waals surface area contributed by atoms with E-state index in [1.165, 1.54) is 12.1 Å². The van der Waals surface area contributed by atoms with Gasteiger partial charge in [-0.3, -0.25) is 10.1 Å². The first-order chi connectivity index (χ1) is 16.4. The number of nitriles is 1. The fourth-order valence-corrected chi connectivity index (χ4v) is 3.53. The van der Waals surface area contributed by atoms with E-state index >= 15 is 0 Å². The SMILES string of the molecule is N#Cc1ccc(NC(=O)O[C@H](C/C=C/C(=O)Nc2ccccc2N)c2cc(I)ccc2O)cc1. The highest BCUT2D eigenvalue weighted by Crippen LogP contribution is 2.31. The number of benzene rings is 3. The normalized spacial score (nSPS) is 11.4. The summed E-state index contributed by atoms with van der Waals surface area (Å²) < 4.78 is 6.41. The Kier molecular flexibility index (Phi) is 8.48. The van der Waals surface area contributed by atoms with Gasteiger partial charge in [-0.15, -0.1) is 0 Å². The summed E-state index contributed by atoms with van der Waals surface area (Å²) in [6.07, 6.45) is 1.38. The number of hydrogen-bond donors (Lipinski definition) is 4. The van der Waals surface area contributed by atoms with E-state index in [0.717, 1.165) is 3.57 Å². The summed E-state index contributed by atoms with van der Waals surface area (Å²) in [5.74, 6) is -0.433. The molecular formula is C25H21IN4O4. The van der Waals surface area contributed by atoms with Gasteiger partial charge in [-0.05, 0) is 83.3 Å². The van der Waals surface area contributed by atoms with Crippen molar-refractivity contribution >= 4 is 51.7 Å². The Bertz CT molecular complexity index is 1250. The number of phenols is 1. The van der Waals surface area contributed by atoms with Gasteiger partial charge in [-0.2, -0.15) is 5.26 Å². The molecule has 5 N–H and O–H groups in total. The zero-order valence-corrected chi connectivity index (χ0v) is 20.0. The number of carbonyl (C=O) groups is 2. The van der Waals surface area contributed by atoms with E-state index < -0.39 is 18.1 Å². The minimum atomic E-state index is -0.862. The van der Waals surface area contributed by atoms with Crippen LogP contribution in [0.3, 0.4) is 0 Å².